The quantitative estimate of drug-likeness (QED) is 0.886. The number of halogens is 1. The molecule has 2 aliphatic rings. The number of nitrogens with one attached hydrogen (secondary N) is 1. The third-order valence-corrected chi connectivity index (χ3v) is 4.50. The summed E-state index contributed by atoms with van der Waals surface area (Å²) in [7, 11) is 2.00. The first-order valence-electron chi connectivity index (χ1n) is 6.88. The van der Waals surface area contributed by atoms with Crippen LogP contribution in [0.1, 0.15) is 31.2 Å². The molecule has 2 heterocycles. The highest BCUT2D eigenvalue weighted by atomic mass is 19.1. The third-order valence-electron chi connectivity index (χ3n) is 4.50. The third kappa shape index (κ3) is 2.08. The van der Waals surface area contributed by atoms with Crippen LogP contribution in [0, 0.1) is 17.1 Å². The molecule has 0 amide bonds. The van der Waals surface area contributed by atoms with Crippen molar-refractivity contribution in [2.45, 2.75) is 43.8 Å². The number of rotatable bonds is 2. The minimum atomic E-state index is -0.265. The van der Waals surface area contributed by atoms with E-state index in [1.165, 1.54) is 6.07 Å². The number of nitrogens with zero attached hydrogens (tertiary/aromatic N) is 2. The second kappa shape index (κ2) is 4.82. The highest BCUT2D eigenvalue weighted by Crippen LogP contribution is 2.40. The summed E-state index contributed by atoms with van der Waals surface area (Å²) < 4.78 is 14.2. The van der Waals surface area contributed by atoms with Crippen LogP contribution in [0.5, 0.6) is 0 Å². The zero-order valence-electron chi connectivity index (χ0n) is 11.1. The maximum absolute atomic E-state index is 14.2. The lowest BCUT2D eigenvalue weighted by atomic mass is 9.96. The predicted molar refractivity (Wildman–Crippen MR) is 72.5 cm³/mol. The van der Waals surface area contributed by atoms with Crippen LogP contribution in [0.2, 0.25) is 0 Å². The van der Waals surface area contributed by atoms with E-state index in [1.807, 2.05) is 13.1 Å². The van der Waals surface area contributed by atoms with E-state index in [4.69, 9.17) is 5.26 Å². The Hall–Kier alpha value is -1.60. The van der Waals surface area contributed by atoms with Gasteiger partial charge in [0.2, 0.25) is 0 Å². The van der Waals surface area contributed by atoms with Crippen molar-refractivity contribution in [1.82, 2.24) is 5.32 Å². The van der Waals surface area contributed by atoms with Crippen molar-refractivity contribution in [3.63, 3.8) is 0 Å². The summed E-state index contributed by atoms with van der Waals surface area (Å²) in [5, 5.41) is 12.2. The van der Waals surface area contributed by atoms with E-state index in [-0.39, 0.29) is 5.82 Å². The van der Waals surface area contributed by atoms with Crippen LogP contribution < -0.4 is 10.2 Å². The summed E-state index contributed by atoms with van der Waals surface area (Å²) in [6.07, 6.45) is 4.43. The summed E-state index contributed by atoms with van der Waals surface area (Å²) >= 11 is 0. The van der Waals surface area contributed by atoms with Gasteiger partial charge in [0.25, 0.3) is 0 Å². The van der Waals surface area contributed by atoms with Crippen molar-refractivity contribution in [3.8, 4) is 6.07 Å². The summed E-state index contributed by atoms with van der Waals surface area (Å²) in [5.74, 6) is -0.265. The Labute approximate surface area is 113 Å². The highest BCUT2D eigenvalue weighted by Gasteiger charge is 2.41. The Kier molecular flexibility index (Phi) is 3.16. The van der Waals surface area contributed by atoms with Gasteiger partial charge >= 0.3 is 0 Å². The molecule has 1 aromatic rings. The van der Waals surface area contributed by atoms with E-state index in [0.717, 1.165) is 25.7 Å². The van der Waals surface area contributed by atoms with Gasteiger partial charge in [0.05, 0.1) is 17.3 Å². The first-order chi connectivity index (χ1) is 9.22. The van der Waals surface area contributed by atoms with Crippen molar-refractivity contribution >= 4 is 5.69 Å². The van der Waals surface area contributed by atoms with E-state index in [9.17, 15) is 4.39 Å². The minimum absolute atomic E-state index is 0.265. The number of hydrogen-bond acceptors (Lipinski definition) is 3. The van der Waals surface area contributed by atoms with Gasteiger partial charge in [-0.25, -0.2) is 4.39 Å². The average Bonchev–Trinajstić information content (AvgIpc) is 2.69. The molecule has 0 aromatic heterocycles. The fraction of sp³-hybridized carbons (Fsp3) is 0.533. The van der Waals surface area contributed by atoms with Crippen LogP contribution in [0.15, 0.2) is 18.2 Å². The number of anilines is 1. The van der Waals surface area contributed by atoms with Gasteiger partial charge in [-0.3, -0.25) is 0 Å². The molecule has 2 unspecified atom stereocenters. The molecule has 19 heavy (non-hydrogen) atoms. The molecule has 0 spiro atoms. The van der Waals surface area contributed by atoms with E-state index < -0.39 is 0 Å². The molecule has 1 aromatic carbocycles. The first kappa shape index (κ1) is 12.4. The molecular weight excluding hydrogens is 241 g/mol. The Bertz CT molecular complexity index is 509. The van der Waals surface area contributed by atoms with Gasteiger partial charge in [-0.1, -0.05) is 0 Å². The molecule has 0 saturated carbocycles. The highest BCUT2D eigenvalue weighted by molar-refractivity contribution is 5.54. The maximum Gasteiger partial charge on any atom is 0.147 e. The van der Waals surface area contributed by atoms with Gasteiger partial charge in [0.15, 0.2) is 0 Å². The smallest absolute Gasteiger partial charge is 0.147 e. The Morgan fingerprint density at radius 1 is 1.32 bits per heavy atom. The molecule has 3 nitrogen and oxygen atoms in total. The number of piperidine rings is 1. The molecule has 0 radical (unpaired) electrons. The molecule has 2 aliphatic heterocycles. The van der Waals surface area contributed by atoms with Gasteiger partial charge in [-0.15, -0.1) is 0 Å². The van der Waals surface area contributed by atoms with Crippen LogP contribution in [-0.2, 0) is 0 Å². The van der Waals surface area contributed by atoms with E-state index in [1.54, 1.807) is 12.1 Å². The SMILES string of the molecule is CNC1CC2CCC(C1)N2c1ccc(C#N)cc1F. The molecule has 2 bridgehead atoms. The second-order valence-corrected chi connectivity index (χ2v) is 5.53. The van der Waals surface area contributed by atoms with Crippen LogP contribution in [-0.4, -0.2) is 25.2 Å². The normalized spacial score (nSPS) is 29.3. The van der Waals surface area contributed by atoms with Gasteiger partial charge in [0.1, 0.15) is 5.82 Å². The van der Waals surface area contributed by atoms with E-state index in [2.05, 4.69) is 10.2 Å². The van der Waals surface area contributed by atoms with Crippen molar-refractivity contribution in [1.29, 1.82) is 5.26 Å². The molecule has 0 aliphatic carbocycles. The van der Waals surface area contributed by atoms with Crippen LogP contribution in [0.3, 0.4) is 0 Å². The van der Waals surface area contributed by atoms with E-state index in [0.29, 0.717) is 29.4 Å². The van der Waals surface area contributed by atoms with Gasteiger partial charge in [-0.2, -0.15) is 5.26 Å². The molecule has 4 heteroatoms. The topological polar surface area (TPSA) is 39.1 Å². The lowest BCUT2D eigenvalue weighted by Gasteiger charge is -2.40. The van der Waals surface area contributed by atoms with Crippen molar-refractivity contribution in [2.75, 3.05) is 11.9 Å². The lowest BCUT2D eigenvalue weighted by molar-refractivity contribution is 0.370. The van der Waals surface area contributed by atoms with Crippen molar-refractivity contribution < 1.29 is 4.39 Å². The van der Waals surface area contributed by atoms with Crippen molar-refractivity contribution in [2.24, 2.45) is 0 Å². The Morgan fingerprint density at radius 2 is 2.00 bits per heavy atom. The number of hydrogen-bond donors (Lipinski definition) is 1. The molecule has 100 valence electrons. The monoisotopic (exact) mass is 259 g/mol. The molecule has 2 atom stereocenters. The van der Waals surface area contributed by atoms with Gasteiger partial charge < -0.3 is 10.2 Å². The first-order valence-corrected chi connectivity index (χ1v) is 6.88. The Morgan fingerprint density at radius 3 is 2.53 bits per heavy atom. The van der Waals surface area contributed by atoms with Crippen molar-refractivity contribution in [3.05, 3.63) is 29.6 Å². The van der Waals surface area contributed by atoms with Crippen LogP contribution in [0.4, 0.5) is 10.1 Å². The minimum Gasteiger partial charge on any atom is -0.363 e. The van der Waals surface area contributed by atoms with Gasteiger partial charge in [0, 0.05) is 18.1 Å². The number of fused-ring (bicyclic) bond motifs is 2. The summed E-state index contributed by atoms with van der Waals surface area (Å²) in [4.78, 5) is 2.24. The summed E-state index contributed by atoms with van der Waals surface area (Å²) in [5.41, 5.74) is 1.06. The van der Waals surface area contributed by atoms with Crippen LogP contribution in [0.25, 0.3) is 0 Å². The molecule has 3 rings (SSSR count). The summed E-state index contributed by atoms with van der Waals surface area (Å²) in [6, 6.07) is 8.21. The zero-order valence-corrected chi connectivity index (χ0v) is 11.1. The maximum atomic E-state index is 14.2. The van der Waals surface area contributed by atoms with Crippen LogP contribution >= 0.6 is 0 Å². The number of nitriles is 1. The Balaban J connectivity index is 1.90. The second-order valence-electron chi connectivity index (χ2n) is 5.53. The molecule has 2 fully saturated rings. The zero-order chi connectivity index (χ0) is 13.4. The largest absolute Gasteiger partial charge is 0.363 e. The number of benzene rings is 1. The lowest BCUT2D eigenvalue weighted by Crippen LogP contribution is -2.48. The molecule has 2 saturated heterocycles. The average molecular weight is 259 g/mol. The van der Waals surface area contributed by atoms with Gasteiger partial charge in [-0.05, 0) is 50.9 Å². The fourth-order valence-corrected chi connectivity index (χ4v) is 3.59. The van der Waals surface area contributed by atoms with E-state index >= 15 is 0 Å². The predicted octanol–water partition coefficient (Wildman–Crippen LogP) is 2.42. The molecule has 1 N–H and O–H groups in total. The fourth-order valence-electron chi connectivity index (χ4n) is 3.59. The molecular formula is C15H18FN3. The standard InChI is InChI=1S/C15H18FN3/c1-18-11-7-12-3-4-13(8-11)19(12)15-5-2-10(9-17)6-14(15)16/h2,5-6,11-13,18H,3-4,7-8H2,1H3. The summed E-state index contributed by atoms with van der Waals surface area (Å²) in [6.45, 7) is 0.